The van der Waals surface area contributed by atoms with Crippen molar-refractivity contribution < 1.29 is 24.2 Å². The standard InChI is InChI=1S/C28H25ClN8O5/c1-41-18-6-4-17(5-7-18)37-24(15-25(38)35-37)34-27(39)32-21-8-9-22(20(16-30)26(21)29)42-19-10-11-31-23(14-19)33-28(40)36-12-2-3-13-36/h4-11,14-15H,2-3,12-13H2,1H3,(H,35,38)(H,31,33,40)(H2,32,34,39). The number of urea groups is 2. The summed E-state index contributed by atoms with van der Waals surface area (Å²) in [6, 6.07) is 15.2. The highest BCUT2D eigenvalue weighted by atomic mass is 35.5. The predicted molar refractivity (Wildman–Crippen MR) is 155 cm³/mol. The Morgan fingerprint density at radius 2 is 1.79 bits per heavy atom. The van der Waals surface area contributed by atoms with Gasteiger partial charge in [-0.05, 0) is 55.3 Å². The van der Waals surface area contributed by atoms with E-state index in [1.165, 1.54) is 35.1 Å². The third-order valence-corrected chi connectivity index (χ3v) is 6.70. The number of halogens is 1. The van der Waals surface area contributed by atoms with Crippen molar-refractivity contribution in [2.75, 3.05) is 36.1 Å². The van der Waals surface area contributed by atoms with E-state index in [9.17, 15) is 20.0 Å². The largest absolute Gasteiger partial charge is 0.497 e. The van der Waals surface area contributed by atoms with E-state index in [0.29, 0.717) is 36.1 Å². The zero-order chi connectivity index (χ0) is 29.6. The first kappa shape index (κ1) is 28.1. The molecule has 1 aliphatic rings. The lowest BCUT2D eigenvalue weighted by molar-refractivity contribution is 0.222. The maximum absolute atomic E-state index is 12.8. The molecule has 0 radical (unpaired) electrons. The molecule has 0 unspecified atom stereocenters. The lowest BCUT2D eigenvalue weighted by Gasteiger charge is -2.16. The minimum absolute atomic E-state index is 0.0187. The van der Waals surface area contributed by atoms with Gasteiger partial charge >= 0.3 is 12.1 Å². The number of amides is 4. The lowest BCUT2D eigenvalue weighted by atomic mass is 10.2. The Labute approximate surface area is 245 Å². The SMILES string of the molecule is COc1ccc(-n2nc(O)cc2NC(=O)Nc2ccc(Oc3ccnc(NC(=O)N4CCCC4)c3)c(C#N)c2Cl)cc1. The number of aromatic hydroxyl groups is 1. The number of hydrogen-bond acceptors (Lipinski definition) is 8. The van der Waals surface area contributed by atoms with Crippen molar-refractivity contribution in [2.45, 2.75) is 12.8 Å². The van der Waals surface area contributed by atoms with Crippen LogP contribution in [0, 0.1) is 11.3 Å². The van der Waals surface area contributed by atoms with Gasteiger partial charge in [-0.25, -0.2) is 19.3 Å². The van der Waals surface area contributed by atoms with E-state index in [2.05, 4.69) is 26.0 Å². The number of methoxy groups -OCH3 is 1. The molecule has 1 fully saturated rings. The summed E-state index contributed by atoms with van der Waals surface area (Å²) < 4.78 is 12.4. The molecule has 3 heterocycles. The van der Waals surface area contributed by atoms with E-state index in [4.69, 9.17) is 21.1 Å². The smallest absolute Gasteiger partial charge is 0.324 e. The quantitative estimate of drug-likeness (QED) is 0.217. The van der Waals surface area contributed by atoms with Gasteiger partial charge in [0.25, 0.3) is 0 Å². The molecule has 42 heavy (non-hydrogen) atoms. The molecule has 14 heteroatoms. The molecular weight excluding hydrogens is 564 g/mol. The molecule has 1 aliphatic heterocycles. The number of nitriles is 1. The molecule has 0 aliphatic carbocycles. The zero-order valence-corrected chi connectivity index (χ0v) is 23.1. The lowest BCUT2D eigenvalue weighted by Crippen LogP contribution is -2.32. The van der Waals surface area contributed by atoms with Gasteiger partial charge in [-0.3, -0.25) is 10.6 Å². The van der Waals surface area contributed by atoms with E-state index < -0.39 is 6.03 Å². The first-order chi connectivity index (χ1) is 20.3. The number of carbonyl (C=O) groups is 2. The van der Waals surface area contributed by atoms with Crippen molar-refractivity contribution in [1.82, 2.24) is 19.7 Å². The monoisotopic (exact) mass is 588 g/mol. The molecule has 0 saturated carbocycles. The molecule has 4 aromatic rings. The molecule has 5 rings (SSSR count). The molecule has 4 amide bonds. The fraction of sp³-hybridized carbons (Fsp3) is 0.179. The number of rotatable bonds is 7. The number of hydrogen-bond donors (Lipinski definition) is 4. The fourth-order valence-corrected chi connectivity index (χ4v) is 4.52. The first-order valence-electron chi connectivity index (χ1n) is 12.8. The van der Waals surface area contributed by atoms with Crippen molar-refractivity contribution in [3.63, 3.8) is 0 Å². The molecule has 1 saturated heterocycles. The van der Waals surface area contributed by atoms with Gasteiger partial charge in [-0.1, -0.05) is 11.6 Å². The highest BCUT2D eigenvalue weighted by Gasteiger charge is 2.20. The van der Waals surface area contributed by atoms with Gasteiger partial charge in [0.2, 0.25) is 5.88 Å². The van der Waals surface area contributed by atoms with Crippen LogP contribution in [0.25, 0.3) is 5.69 Å². The second-order valence-corrected chi connectivity index (χ2v) is 9.47. The summed E-state index contributed by atoms with van der Waals surface area (Å²) >= 11 is 6.47. The minimum atomic E-state index is -0.698. The highest BCUT2D eigenvalue weighted by molar-refractivity contribution is 6.35. The Bertz CT molecular complexity index is 1660. The Morgan fingerprint density at radius 3 is 2.50 bits per heavy atom. The summed E-state index contributed by atoms with van der Waals surface area (Å²) in [5.74, 6) is 1.26. The Kier molecular flexibility index (Phi) is 8.26. The van der Waals surface area contributed by atoms with Crippen LogP contribution in [0.1, 0.15) is 18.4 Å². The van der Waals surface area contributed by atoms with Crippen LogP contribution in [0.3, 0.4) is 0 Å². The van der Waals surface area contributed by atoms with Crippen LogP contribution >= 0.6 is 11.6 Å². The van der Waals surface area contributed by atoms with E-state index in [-0.39, 0.29) is 39.8 Å². The van der Waals surface area contributed by atoms with Crippen LogP contribution < -0.4 is 25.4 Å². The van der Waals surface area contributed by atoms with Crippen molar-refractivity contribution in [3.05, 3.63) is 71.4 Å². The molecule has 13 nitrogen and oxygen atoms in total. The topological polar surface area (TPSA) is 167 Å². The van der Waals surface area contributed by atoms with Gasteiger partial charge in [-0.2, -0.15) is 5.26 Å². The predicted octanol–water partition coefficient (Wildman–Crippen LogP) is 5.57. The average Bonchev–Trinajstić information content (AvgIpc) is 3.65. The molecule has 0 atom stereocenters. The summed E-state index contributed by atoms with van der Waals surface area (Å²) in [5.41, 5.74) is 0.688. The van der Waals surface area contributed by atoms with Crippen molar-refractivity contribution in [3.8, 4) is 34.9 Å². The zero-order valence-electron chi connectivity index (χ0n) is 22.3. The summed E-state index contributed by atoms with van der Waals surface area (Å²) in [6.07, 6.45) is 3.40. The Balaban J connectivity index is 1.28. The van der Waals surface area contributed by atoms with Gasteiger partial charge in [-0.15, -0.1) is 5.10 Å². The van der Waals surface area contributed by atoms with Crippen molar-refractivity contribution >= 4 is 41.0 Å². The Morgan fingerprint density at radius 1 is 1.02 bits per heavy atom. The van der Waals surface area contributed by atoms with Gasteiger partial charge < -0.3 is 24.8 Å². The molecular formula is C28H25ClN8O5. The molecule has 2 aromatic heterocycles. The number of pyridine rings is 1. The summed E-state index contributed by atoms with van der Waals surface area (Å²) in [7, 11) is 1.54. The highest BCUT2D eigenvalue weighted by Crippen LogP contribution is 2.36. The maximum Gasteiger partial charge on any atom is 0.324 e. The van der Waals surface area contributed by atoms with Crippen LogP contribution in [0.4, 0.5) is 26.9 Å². The van der Waals surface area contributed by atoms with E-state index >= 15 is 0 Å². The average molecular weight is 589 g/mol. The number of ether oxygens (including phenoxy) is 2. The first-order valence-corrected chi connectivity index (χ1v) is 13.2. The van der Waals surface area contributed by atoms with Gasteiger partial charge in [0, 0.05) is 31.4 Å². The normalized spacial score (nSPS) is 12.4. The van der Waals surface area contributed by atoms with Crippen molar-refractivity contribution in [2.24, 2.45) is 0 Å². The molecule has 2 aromatic carbocycles. The number of aromatic nitrogens is 3. The third-order valence-electron chi connectivity index (χ3n) is 6.31. The van der Waals surface area contributed by atoms with E-state index in [1.54, 1.807) is 42.3 Å². The van der Waals surface area contributed by atoms with Crippen LogP contribution in [0.15, 0.2) is 60.8 Å². The number of nitrogens with zero attached hydrogens (tertiary/aromatic N) is 5. The summed E-state index contributed by atoms with van der Waals surface area (Å²) in [5, 5.41) is 31.7. The number of carbonyl (C=O) groups excluding carboxylic acids is 2. The fourth-order valence-electron chi connectivity index (χ4n) is 4.27. The van der Waals surface area contributed by atoms with E-state index in [1.807, 2.05) is 6.07 Å². The van der Waals surface area contributed by atoms with Crippen LogP contribution in [-0.4, -0.2) is 57.0 Å². The number of nitrogens with one attached hydrogen (secondary N) is 3. The minimum Gasteiger partial charge on any atom is -0.497 e. The molecule has 4 N–H and O–H groups in total. The van der Waals surface area contributed by atoms with Crippen molar-refractivity contribution in [1.29, 1.82) is 5.26 Å². The molecule has 0 bridgehead atoms. The third kappa shape index (κ3) is 6.29. The Hall–Kier alpha value is -5.48. The van der Waals surface area contributed by atoms with Gasteiger partial charge in [0.1, 0.15) is 40.5 Å². The second kappa shape index (κ2) is 12.4. The number of anilines is 3. The van der Waals surface area contributed by atoms with Crippen LogP contribution in [0.5, 0.6) is 23.1 Å². The maximum atomic E-state index is 12.8. The van der Waals surface area contributed by atoms with E-state index in [0.717, 1.165) is 12.8 Å². The second-order valence-electron chi connectivity index (χ2n) is 9.09. The molecule has 0 spiro atoms. The number of benzene rings is 2. The van der Waals surface area contributed by atoms with Gasteiger partial charge in [0.15, 0.2) is 0 Å². The molecule has 214 valence electrons. The van der Waals surface area contributed by atoms with Gasteiger partial charge in [0.05, 0.1) is 23.5 Å². The number of likely N-dealkylation sites (tertiary alicyclic amines) is 1. The summed E-state index contributed by atoms with van der Waals surface area (Å²) in [6.45, 7) is 1.39. The van der Waals surface area contributed by atoms with Crippen LogP contribution in [0.2, 0.25) is 5.02 Å². The van der Waals surface area contributed by atoms with Crippen LogP contribution in [-0.2, 0) is 0 Å². The summed E-state index contributed by atoms with van der Waals surface area (Å²) in [4.78, 5) is 31.1.